The molecule has 8 heteroatoms. The highest BCUT2D eigenvalue weighted by Gasteiger charge is 2.30. The molecule has 0 atom stereocenters. The summed E-state index contributed by atoms with van der Waals surface area (Å²) in [5.74, 6) is 2.05. The third-order valence-corrected chi connectivity index (χ3v) is 3.52. The summed E-state index contributed by atoms with van der Waals surface area (Å²) in [6.07, 6.45) is 0.903. The Kier molecular flexibility index (Phi) is 3.47. The lowest BCUT2D eigenvalue weighted by atomic mass is 10.1. The number of rotatable bonds is 4. The molecule has 2 aromatic rings. The van der Waals surface area contributed by atoms with E-state index in [1.807, 2.05) is 0 Å². The van der Waals surface area contributed by atoms with Gasteiger partial charge in [-0.05, 0) is 11.6 Å². The molecule has 0 radical (unpaired) electrons. The third kappa shape index (κ3) is 2.35. The maximum absolute atomic E-state index is 5.95. The summed E-state index contributed by atoms with van der Waals surface area (Å²) < 4.78 is 5.26. The molecule has 0 aliphatic carbocycles. The molecule has 2 aromatic heterocycles. The predicted octanol–water partition coefficient (Wildman–Crippen LogP) is 1.62. The fourth-order valence-electron chi connectivity index (χ4n) is 2.09. The van der Waals surface area contributed by atoms with Gasteiger partial charge in [0.15, 0.2) is 17.0 Å². The molecule has 19 heavy (non-hydrogen) atoms. The van der Waals surface area contributed by atoms with Gasteiger partial charge in [0.2, 0.25) is 5.28 Å². The average molecular weight is 302 g/mol. The second-order valence-corrected chi connectivity index (χ2v) is 5.11. The monoisotopic (exact) mass is 301 g/mol. The molecular weight excluding hydrogens is 289 g/mol. The fourth-order valence-corrected chi connectivity index (χ4v) is 2.44. The number of aryl methyl sites for hydroxylation is 1. The lowest BCUT2D eigenvalue weighted by molar-refractivity contribution is 0.0784. The van der Waals surface area contributed by atoms with E-state index in [9.17, 15) is 0 Å². The quantitative estimate of drug-likeness (QED) is 0.687. The number of nitrogens with zero attached hydrogens (tertiary/aromatic N) is 4. The van der Waals surface area contributed by atoms with E-state index in [1.165, 1.54) is 0 Å². The number of fused-ring (bicyclic) bond motifs is 1. The van der Waals surface area contributed by atoms with Crippen LogP contribution in [0.2, 0.25) is 5.28 Å². The summed E-state index contributed by atoms with van der Waals surface area (Å²) in [4.78, 5) is 18.1. The summed E-state index contributed by atoms with van der Waals surface area (Å²) in [5, 5.41) is 0.212. The number of methoxy groups -OCH3 is 1. The highest BCUT2D eigenvalue weighted by Crippen LogP contribution is 2.28. The smallest absolute Gasteiger partial charge is 0.226 e. The Morgan fingerprint density at radius 2 is 2.16 bits per heavy atom. The SMILES string of the molecule is COC1CN(c2nc(Cl)nc3[nH]c(CCCl)nc23)C1. The Morgan fingerprint density at radius 3 is 2.84 bits per heavy atom. The Morgan fingerprint density at radius 1 is 1.37 bits per heavy atom. The lowest BCUT2D eigenvalue weighted by Gasteiger charge is -2.38. The molecule has 1 aliphatic rings. The molecule has 3 rings (SSSR count). The largest absolute Gasteiger partial charge is 0.378 e. The van der Waals surface area contributed by atoms with Crippen molar-refractivity contribution in [3.63, 3.8) is 0 Å². The molecule has 1 fully saturated rings. The molecular formula is C11H13Cl2N5O. The van der Waals surface area contributed by atoms with Crippen LogP contribution in [0.25, 0.3) is 11.2 Å². The summed E-state index contributed by atoms with van der Waals surface area (Å²) >= 11 is 11.7. The van der Waals surface area contributed by atoms with Crippen LogP contribution in [0.5, 0.6) is 0 Å². The van der Waals surface area contributed by atoms with E-state index < -0.39 is 0 Å². The third-order valence-electron chi connectivity index (χ3n) is 3.16. The molecule has 6 nitrogen and oxygen atoms in total. The van der Waals surface area contributed by atoms with Crippen LogP contribution in [0.15, 0.2) is 0 Å². The molecule has 0 bridgehead atoms. The standard InChI is InChI=1S/C11H13Cl2N5O/c1-19-6-4-18(5-6)10-8-9(16-11(13)17-10)15-7(14-8)2-3-12/h6H,2-5H2,1H3,(H,14,15,16,17). The van der Waals surface area contributed by atoms with Crippen molar-refractivity contribution in [2.75, 3.05) is 31.0 Å². The first kappa shape index (κ1) is 12.9. The first-order chi connectivity index (χ1) is 9.21. The van der Waals surface area contributed by atoms with Gasteiger partial charge < -0.3 is 14.6 Å². The van der Waals surface area contributed by atoms with Gasteiger partial charge in [-0.1, -0.05) is 0 Å². The molecule has 3 heterocycles. The van der Waals surface area contributed by atoms with E-state index in [0.717, 1.165) is 30.2 Å². The van der Waals surface area contributed by atoms with Crippen LogP contribution in [-0.4, -0.2) is 52.1 Å². The summed E-state index contributed by atoms with van der Waals surface area (Å²) in [7, 11) is 1.71. The van der Waals surface area contributed by atoms with Gasteiger partial charge in [-0.3, -0.25) is 0 Å². The maximum atomic E-state index is 5.95. The van der Waals surface area contributed by atoms with Crippen molar-refractivity contribution in [3.8, 4) is 0 Å². The highest BCUT2D eigenvalue weighted by molar-refractivity contribution is 6.28. The normalized spacial score (nSPS) is 16.1. The molecule has 0 unspecified atom stereocenters. The van der Waals surface area contributed by atoms with Crippen molar-refractivity contribution < 1.29 is 4.74 Å². The molecule has 0 saturated carbocycles. The molecule has 102 valence electrons. The molecule has 0 aromatic carbocycles. The Hall–Kier alpha value is -1.11. The van der Waals surface area contributed by atoms with Crippen LogP contribution in [0.3, 0.4) is 0 Å². The van der Waals surface area contributed by atoms with E-state index >= 15 is 0 Å². The zero-order valence-corrected chi connectivity index (χ0v) is 11.9. The average Bonchev–Trinajstić information content (AvgIpc) is 2.70. The first-order valence-corrected chi connectivity index (χ1v) is 6.88. The zero-order valence-electron chi connectivity index (χ0n) is 10.4. The number of imidazole rings is 1. The second-order valence-electron chi connectivity index (χ2n) is 4.40. The number of anilines is 1. The molecule has 1 saturated heterocycles. The predicted molar refractivity (Wildman–Crippen MR) is 74.1 cm³/mol. The summed E-state index contributed by atoms with van der Waals surface area (Å²) in [5.41, 5.74) is 1.38. The van der Waals surface area contributed by atoms with Crippen molar-refractivity contribution in [1.82, 2.24) is 19.9 Å². The minimum atomic E-state index is 0.212. The Labute approximate surface area is 120 Å². The molecule has 1 N–H and O–H groups in total. The number of aromatic nitrogens is 4. The molecule has 0 spiro atoms. The van der Waals surface area contributed by atoms with E-state index in [-0.39, 0.29) is 11.4 Å². The van der Waals surface area contributed by atoms with E-state index in [0.29, 0.717) is 17.9 Å². The van der Waals surface area contributed by atoms with Crippen molar-refractivity contribution in [3.05, 3.63) is 11.1 Å². The van der Waals surface area contributed by atoms with Crippen molar-refractivity contribution in [2.24, 2.45) is 0 Å². The Balaban J connectivity index is 1.98. The van der Waals surface area contributed by atoms with Gasteiger partial charge in [-0.25, -0.2) is 4.98 Å². The van der Waals surface area contributed by atoms with Gasteiger partial charge >= 0.3 is 0 Å². The number of hydrogen-bond acceptors (Lipinski definition) is 5. The van der Waals surface area contributed by atoms with Gasteiger partial charge in [0.1, 0.15) is 5.82 Å². The van der Waals surface area contributed by atoms with Crippen LogP contribution in [-0.2, 0) is 11.2 Å². The molecule has 0 amide bonds. The Bertz CT molecular complexity index is 596. The van der Waals surface area contributed by atoms with Crippen LogP contribution in [0.4, 0.5) is 5.82 Å². The van der Waals surface area contributed by atoms with Gasteiger partial charge in [-0.15, -0.1) is 11.6 Å². The summed E-state index contributed by atoms with van der Waals surface area (Å²) in [6.45, 7) is 1.58. The number of alkyl halides is 1. The number of ether oxygens (including phenoxy) is 1. The number of hydrogen-bond donors (Lipinski definition) is 1. The van der Waals surface area contributed by atoms with Crippen molar-refractivity contribution >= 4 is 40.2 Å². The number of nitrogens with one attached hydrogen (secondary N) is 1. The second kappa shape index (κ2) is 5.11. The topological polar surface area (TPSA) is 66.9 Å². The van der Waals surface area contributed by atoms with E-state index in [2.05, 4.69) is 24.8 Å². The van der Waals surface area contributed by atoms with Crippen LogP contribution in [0.1, 0.15) is 5.82 Å². The van der Waals surface area contributed by atoms with Gasteiger partial charge in [0, 0.05) is 32.5 Å². The summed E-state index contributed by atoms with van der Waals surface area (Å²) in [6, 6.07) is 0. The highest BCUT2D eigenvalue weighted by atomic mass is 35.5. The number of halogens is 2. The van der Waals surface area contributed by atoms with Gasteiger partial charge in [-0.2, -0.15) is 9.97 Å². The van der Waals surface area contributed by atoms with Crippen molar-refractivity contribution in [1.29, 1.82) is 0 Å². The van der Waals surface area contributed by atoms with Crippen LogP contribution in [0, 0.1) is 0 Å². The van der Waals surface area contributed by atoms with Crippen LogP contribution >= 0.6 is 23.2 Å². The lowest BCUT2D eigenvalue weighted by Crippen LogP contribution is -2.52. The molecule has 1 aliphatic heterocycles. The van der Waals surface area contributed by atoms with E-state index in [4.69, 9.17) is 27.9 Å². The maximum Gasteiger partial charge on any atom is 0.226 e. The number of H-pyrrole nitrogens is 1. The minimum Gasteiger partial charge on any atom is -0.378 e. The minimum absolute atomic E-state index is 0.212. The zero-order chi connectivity index (χ0) is 13.4. The van der Waals surface area contributed by atoms with E-state index in [1.54, 1.807) is 7.11 Å². The van der Waals surface area contributed by atoms with Crippen LogP contribution < -0.4 is 4.90 Å². The fraction of sp³-hybridized carbons (Fsp3) is 0.545. The van der Waals surface area contributed by atoms with Crippen molar-refractivity contribution in [2.45, 2.75) is 12.5 Å². The first-order valence-electron chi connectivity index (χ1n) is 5.97. The van der Waals surface area contributed by atoms with Gasteiger partial charge in [0.25, 0.3) is 0 Å². The van der Waals surface area contributed by atoms with Gasteiger partial charge in [0.05, 0.1) is 6.10 Å². The number of aromatic amines is 1.